The Kier molecular flexibility index (Phi) is 5.07. The Hall–Kier alpha value is -3.04. The van der Waals surface area contributed by atoms with Crippen molar-refractivity contribution in [3.8, 4) is 11.8 Å². The number of carbonyl (C=O) groups excluding carboxylic acids is 2. The van der Waals surface area contributed by atoms with Crippen LogP contribution in [0.3, 0.4) is 0 Å². The molecular formula is C17H15ClN4O2. The second kappa shape index (κ2) is 7.02. The van der Waals surface area contributed by atoms with Crippen molar-refractivity contribution >= 4 is 29.6 Å². The molecule has 0 fully saturated rings. The van der Waals surface area contributed by atoms with Crippen molar-refractivity contribution in [1.29, 1.82) is 5.26 Å². The van der Waals surface area contributed by atoms with Gasteiger partial charge in [-0.1, -0.05) is 23.7 Å². The van der Waals surface area contributed by atoms with Crippen LogP contribution in [0.4, 0.5) is 4.79 Å². The van der Waals surface area contributed by atoms with Gasteiger partial charge in [-0.2, -0.15) is 5.26 Å². The van der Waals surface area contributed by atoms with Gasteiger partial charge in [0.2, 0.25) is 0 Å². The number of para-hydroxylation sites is 1. The fourth-order valence-electron chi connectivity index (χ4n) is 2.42. The topological polar surface area (TPSA) is 101 Å². The number of halogens is 1. The Morgan fingerprint density at radius 1 is 1.33 bits per heavy atom. The number of primary amides is 1. The largest absolute Gasteiger partial charge is 0.351 e. The predicted octanol–water partition coefficient (Wildman–Crippen LogP) is 2.85. The third kappa shape index (κ3) is 3.47. The van der Waals surface area contributed by atoms with Crippen LogP contribution in [0, 0.1) is 25.2 Å². The van der Waals surface area contributed by atoms with Crippen LogP contribution in [-0.2, 0) is 4.79 Å². The summed E-state index contributed by atoms with van der Waals surface area (Å²) in [5.74, 6) is -0.840. The lowest BCUT2D eigenvalue weighted by atomic mass is 10.1. The predicted molar refractivity (Wildman–Crippen MR) is 91.6 cm³/mol. The lowest BCUT2D eigenvalue weighted by molar-refractivity contribution is -0.115. The number of nitrogens with zero attached hydrogens (tertiary/aromatic N) is 2. The van der Waals surface area contributed by atoms with Gasteiger partial charge in [-0.15, -0.1) is 0 Å². The van der Waals surface area contributed by atoms with Crippen LogP contribution in [0.25, 0.3) is 11.8 Å². The molecule has 0 saturated carbocycles. The van der Waals surface area contributed by atoms with Crippen molar-refractivity contribution in [2.75, 3.05) is 0 Å². The fraction of sp³-hybridized carbons (Fsp3) is 0.118. The van der Waals surface area contributed by atoms with Crippen LogP contribution in [-0.4, -0.2) is 16.5 Å². The molecular weight excluding hydrogens is 328 g/mol. The maximum Gasteiger partial charge on any atom is 0.319 e. The molecule has 0 bridgehead atoms. The van der Waals surface area contributed by atoms with Gasteiger partial charge in [-0.3, -0.25) is 10.1 Å². The zero-order chi connectivity index (χ0) is 17.9. The van der Waals surface area contributed by atoms with Gasteiger partial charge in [0.15, 0.2) is 0 Å². The summed E-state index contributed by atoms with van der Waals surface area (Å²) in [6, 6.07) is 9.95. The summed E-state index contributed by atoms with van der Waals surface area (Å²) < 4.78 is 1.93. The first-order chi connectivity index (χ1) is 11.3. The summed E-state index contributed by atoms with van der Waals surface area (Å²) in [6.07, 6.45) is 1.41. The molecule has 0 aliphatic heterocycles. The van der Waals surface area contributed by atoms with Crippen LogP contribution in [0.1, 0.15) is 17.0 Å². The van der Waals surface area contributed by atoms with Crippen molar-refractivity contribution < 1.29 is 9.59 Å². The minimum absolute atomic E-state index is 0.215. The number of nitrogens with two attached hydrogens (primary N) is 1. The van der Waals surface area contributed by atoms with Gasteiger partial charge < -0.3 is 10.3 Å². The Morgan fingerprint density at radius 3 is 2.58 bits per heavy atom. The highest BCUT2D eigenvalue weighted by Gasteiger charge is 2.15. The summed E-state index contributed by atoms with van der Waals surface area (Å²) in [6.45, 7) is 3.74. The SMILES string of the molecule is Cc1cc(/C=C(/C#N)C(=O)NC(N)=O)c(C)n1-c1ccccc1Cl. The maximum absolute atomic E-state index is 11.8. The second-order valence-electron chi connectivity index (χ2n) is 5.10. The van der Waals surface area contributed by atoms with Crippen LogP contribution in [0.5, 0.6) is 0 Å². The normalized spacial score (nSPS) is 11.0. The number of aromatic nitrogens is 1. The molecule has 0 aliphatic rings. The number of nitriles is 1. The van der Waals surface area contributed by atoms with Crippen molar-refractivity contribution in [2.45, 2.75) is 13.8 Å². The highest BCUT2D eigenvalue weighted by atomic mass is 35.5. The van der Waals surface area contributed by atoms with Crippen molar-refractivity contribution in [3.05, 3.63) is 57.9 Å². The van der Waals surface area contributed by atoms with Gasteiger partial charge >= 0.3 is 6.03 Å². The zero-order valence-corrected chi connectivity index (χ0v) is 13.9. The molecule has 3 amide bonds. The number of hydrogen-bond acceptors (Lipinski definition) is 3. The van der Waals surface area contributed by atoms with E-state index in [1.54, 1.807) is 12.1 Å². The van der Waals surface area contributed by atoms with E-state index >= 15 is 0 Å². The summed E-state index contributed by atoms with van der Waals surface area (Å²) in [5.41, 5.74) is 7.85. The van der Waals surface area contributed by atoms with Crippen LogP contribution in [0.15, 0.2) is 35.9 Å². The summed E-state index contributed by atoms with van der Waals surface area (Å²) in [5, 5.41) is 11.6. The van der Waals surface area contributed by atoms with E-state index in [4.69, 9.17) is 22.6 Å². The minimum Gasteiger partial charge on any atom is -0.351 e. The average molecular weight is 343 g/mol. The second-order valence-corrected chi connectivity index (χ2v) is 5.51. The number of hydrogen-bond donors (Lipinski definition) is 2. The van der Waals surface area contributed by atoms with Gasteiger partial charge in [-0.05, 0) is 43.7 Å². The van der Waals surface area contributed by atoms with E-state index in [1.165, 1.54) is 6.08 Å². The molecule has 6 nitrogen and oxygen atoms in total. The van der Waals surface area contributed by atoms with Crippen molar-refractivity contribution in [2.24, 2.45) is 5.73 Å². The third-order valence-corrected chi connectivity index (χ3v) is 3.78. The molecule has 0 aliphatic carbocycles. The summed E-state index contributed by atoms with van der Waals surface area (Å²) in [7, 11) is 0. The highest BCUT2D eigenvalue weighted by molar-refractivity contribution is 6.32. The highest BCUT2D eigenvalue weighted by Crippen LogP contribution is 2.27. The molecule has 0 saturated heterocycles. The molecule has 2 aromatic rings. The molecule has 0 unspecified atom stereocenters. The van der Waals surface area contributed by atoms with Crippen LogP contribution in [0.2, 0.25) is 5.02 Å². The first-order valence-corrected chi connectivity index (χ1v) is 7.39. The standard InChI is InChI=1S/C17H15ClN4O2/c1-10-7-12(8-13(9-19)16(23)21-17(20)24)11(2)22(10)15-6-4-3-5-14(15)18/h3-8H,1-2H3,(H3,20,21,23,24)/b13-8-. The molecule has 7 heteroatoms. The first-order valence-electron chi connectivity index (χ1n) is 7.01. The number of nitrogens with one attached hydrogen (secondary N) is 1. The number of rotatable bonds is 3. The van der Waals surface area contributed by atoms with Gasteiger partial charge in [-0.25, -0.2) is 4.79 Å². The summed E-state index contributed by atoms with van der Waals surface area (Å²) >= 11 is 6.25. The quantitative estimate of drug-likeness (QED) is 0.662. The molecule has 122 valence electrons. The van der Waals surface area contributed by atoms with Gasteiger partial charge in [0.25, 0.3) is 5.91 Å². The Bertz CT molecular complexity index is 890. The number of aryl methyl sites for hydroxylation is 1. The van der Waals surface area contributed by atoms with E-state index in [2.05, 4.69) is 0 Å². The molecule has 1 aromatic heterocycles. The van der Waals surface area contributed by atoms with E-state index in [-0.39, 0.29) is 5.57 Å². The Balaban J connectivity index is 2.51. The Morgan fingerprint density at radius 2 is 2.00 bits per heavy atom. The number of benzene rings is 1. The third-order valence-electron chi connectivity index (χ3n) is 3.47. The van der Waals surface area contributed by atoms with Crippen LogP contribution < -0.4 is 11.1 Å². The zero-order valence-electron chi connectivity index (χ0n) is 13.1. The van der Waals surface area contributed by atoms with Crippen LogP contribution >= 0.6 is 11.6 Å². The summed E-state index contributed by atoms with van der Waals surface area (Å²) in [4.78, 5) is 22.6. The maximum atomic E-state index is 11.8. The van der Waals surface area contributed by atoms with E-state index in [0.717, 1.165) is 17.1 Å². The number of carbonyl (C=O) groups is 2. The number of imide groups is 1. The van der Waals surface area contributed by atoms with Crippen molar-refractivity contribution in [1.82, 2.24) is 9.88 Å². The van der Waals surface area contributed by atoms with E-state index < -0.39 is 11.9 Å². The average Bonchev–Trinajstić information content (AvgIpc) is 2.79. The van der Waals surface area contributed by atoms with Gasteiger partial charge in [0.1, 0.15) is 11.6 Å². The number of amides is 3. The molecule has 0 spiro atoms. The van der Waals surface area contributed by atoms with Gasteiger partial charge in [0, 0.05) is 11.4 Å². The molecule has 2 rings (SSSR count). The lowest BCUT2D eigenvalue weighted by Crippen LogP contribution is -2.35. The van der Waals surface area contributed by atoms with E-state index in [9.17, 15) is 9.59 Å². The smallest absolute Gasteiger partial charge is 0.319 e. The first kappa shape index (κ1) is 17.3. The monoisotopic (exact) mass is 342 g/mol. The van der Waals surface area contributed by atoms with Crippen molar-refractivity contribution in [3.63, 3.8) is 0 Å². The molecule has 24 heavy (non-hydrogen) atoms. The molecule has 0 atom stereocenters. The Labute approximate surface area is 144 Å². The minimum atomic E-state index is -1.01. The number of urea groups is 1. The van der Waals surface area contributed by atoms with Gasteiger partial charge in [0.05, 0.1) is 10.7 Å². The molecule has 1 aromatic carbocycles. The van der Waals surface area contributed by atoms with E-state index in [0.29, 0.717) is 10.6 Å². The van der Waals surface area contributed by atoms with E-state index in [1.807, 2.05) is 48.0 Å². The molecule has 1 heterocycles. The molecule has 3 N–H and O–H groups in total. The fourth-order valence-corrected chi connectivity index (χ4v) is 2.64. The molecule has 0 radical (unpaired) electrons. The lowest BCUT2D eigenvalue weighted by Gasteiger charge is -2.11.